The summed E-state index contributed by atoms with van der Waals surface area (Å²) in [5.41, 5.74) is 5.46. The molecule has 0 spiro atoms. The molecule has 0 N–H and O–H groups in total. The first-order chi connectivity index (χ1) is 11.5. The second-order valence-electron chi connectivity index (χ2n) is 7.26. The van der Waals surface area contributed by atoms with Gasteiger partial charge in [0.2, 0.25) is 0 Å². The summed E-state index contributed by atoms with van der Waals surface area (Å²) in [4.78, 5) is 0. The summed E-state index contributed by atoms with van der Waals surface area (Å²) in [6.45, 7) is 4.67. The summed E-state index contributed by atoms with van der Waals surface area (Å²) in [5.74, 6) is 0. The summed E-state index contributed by atoms with van der Waals surface area (Å²) in [7, 11) is 0. The highest BCUT2D eigenvalue weighted by molar-refractivity contribution is 9.10. The number of hydrogen-bond acceptors (Lipinski definition) is 0. The molecule has 2 aliphatic carbocycles. The molecule has 0 saturated heterocycles. The number of hydrogen-bond donors (Lipinski definition) is 0. The standard InChI is InChI=1S/C23H17Br/c1-23(2)21-12-18(24)8-7-15(21)10-17-11-16-9-14-5-3-4-6-19(14)20(16)13-22(17)23/h3-13H,1-2H3. The largest absolute Gasteiger partial charge is 0.0616 e. The minimum absolute atomic E-state index is 0.00421. The van der Waals surface area contributed by atoms with E-state index in [4.69, 9.17) is 0 Å². The Labute approximate surface area is 149 Å². The van der Waals surface area contributed by atoms with Gasteiger partial charge in [-0.3, -0.25) is 0 Å². The van der Waals surface area contributed by atoms with E-state index < -0.39 is 0 Å². The fraction of sp³-hybridized carbons (Fsp3) is 0.130. The molecule has 5 rings (SSSR count). The van der Waals surface area contributed by atoms with Gasteiger partial charge < -0.3 is 0 Å². The van der Waals surface area contributed by atoms with Gasteiger partial charge in [-0.25, -0.2) is 0 Å². The van der Waals surface area contributed by atoms with Gasteiger partial charge in [0.25, 0.3) is 0 Å². The lowest BCUT2D eigenvalue weighted by Gasteiger charge is -2.32. The first-order valence-corrected chi connectivity index (χ1v) is 9.11. The molecular weight excluding hydrogens is 356 g/mol. The van der Waals surface area contributed by atoms with Crippen LogP contribution in [0.4, 0.5) is 0 Å². The highest BCUT2D eigenvalue weighted by Crippen LogP contribution is 2.37. The third kappa shape index (κ3) is 1.85. The Morgan fingerprint density at radius 1 is 0.708 bits per heavy atom. The quantitative estimate of drug-likeness (QED) is 0.430. The fourth-order valence-corrected chi connectivity index (χ4v) is 4.55. The maximum atomic E-state index is 3.63. The molecule has 0 heterocycles. The Morgan fingerprint density at radius 3 is 2.38 bits per heavy atom. The van der Waals surface area contributed by atoms with Gasteiger partial charge in [-0.05, 0) is 79.5 Å². The van der Waals surface area contributed by atoms with Crippen LogP contribution in [0.15, 0.2) is 59.1 Å². The zero-order valence-electron chi connectivity index (χ0n) is 13.7. The molecule has 1 heteroatoms. The normalized spacial score (nSPS) is 15.5. The van der Waals surface area contributed by atoms with E-state index in [-0.39, 0.29) is 5.41 Å². The van der Waals surface area contributed by atoms with Gasteiger partial charge in [-0.2, -0.15) is 0 Å². The Morgan fingerprint density at radius 2 is 1.50 bits per heavy atom. The van der Waals surface area contributed by atoms with Crippen LogP contribution in [0.25, 0.3) is 12.2 Å². The molecule has 0 atom stereocenters. The molecule has 0 amide bonds. The van der Waals surface area contributed by atoms with Gasteiger partial charge in [-0.1, -0.05) is 60.1 Å². The van der Waals surface area contributed by atoms with Crippen molar-refractivity contribution in [3.05, 3.63) is 102 Å². The second kappa shape index (κ2) is 4.70. The predicted molar refractivity (Wildman–Crippen MR) is 103 cm³/mol. The predicted octanol–water partition coefficient (Wildman–Crippen LogP) is 4.35. The van der Waals surface area contributed by atoms with Crippen LogP contribution in [0.2, 0.25) is 0 Å². The van der Waals surface area contributed by atoms with Crippen LogP contribution in [0.5, 0.6) is 0 Å². The number of benzene rings is 3. The maximum Gasteiger partial charge on any atom is 0.0178 e. The van der Waals surface area contributed by atoms with Crippen LogP contribution < -0.4 is 10.4 Å². The van der Waals surface area contributed by atoms with Crippen molar-refractivity contribution in [3.8, 4) is 0 Å². The van der Waals surface area contributed by atoms with Crippen molar-refractivity contribution >= 4 is 28.1 Å². The average molecular weight is 373 g/mol. The average Bonchev–Trinajstić information content (AvgIpc) is 2.92. The Kier molecular flexibility index (Phi) is 2.79. The van der Waals surface area contributed by atoms with Crippen molar-refractivity contribution in [1.82, 2.24) is 0 Å². The van der Waals surface area contributed by atoms with E-state index in [2.05, 4.69) is 96.5 Å². The van der Waals surface area contributed by atoms with E-state index in [9.17, 15) is 0 Å². The molecule has 2 aliphatic rings. The number of fused-ring (bicyclic) bond motifs is 4. The van der Waals surface area contributed by atoms with Gasteiger partial charge in [0, 0.05) is 9.89 Å². The van der Waals surface area contributed by atoms with E-state index in [0.29, 0.717) is 0 Å². The Hall–Kier alpha value is -2.12. The first kappa shape index (κ1) is 14.2. The van der Waals surface area contributed by atoms with Crippen LogP contribution in [-0.4, -0.2) is 0 Å². The van der Waals surface area contributed by atoms with Gasteiger partial charge in [0.15, 0.2) is 0 Å². The Balaban J connectivity index is 1.94. The zero-order valence-corrected chi connectivity index (χ0v) is 15.3. The molecular formula is C23H17Br. The van der Waals surface area contributed by atoms with Crippen molar-refractivity contribution in [2.45, 2.75) is 19.3 Å². The van der Waals surface area contributed by atoms with Gasteiger partial charge in [0.1, 0.15) is 0 Å². The van der Waals surface area contributed by atoms with E-state index in [1.165, 1.54) is 43.1 Å². The maximum absolute atomic E-state index is 3.63. The minimum Gasteiger partial charge on any atom is -0.0616 e. The first-order valence-electron chi connectivity index (χ1n) is 8.31. The van der Waals surface area contributed by atoms with Crippen LogP contribution in [0.1, 0.15) is 36.1 Å². The molecule has 3 aromatic carbocycles. The van der Waals surface area contributed by atoms with Crippen LogP contribution in [-0.2, 0) is 5.41 Å². The van der Waals surface area contributed by atoms with Gasteiger partial charge in [-0.15, -0.1) is 0 Å². The molecule has 116 valence electrons. The molecule has 0 aromatic heterocycles. The smallest absolute Gasteiger partial charge is 0.0178 e. The third-order valence-electron chi connectivity index (χ3n) is 5.46. The minimum atomic E-state index is -0.00421. The molecule has 0 nitrogen and oxygen atoms in total. The van der Waals surface area contributed by atoms with E-state index >= 15 is 0 Å². The highest BCUT2D eigenvalue weighted by atomic mass is 79.9. The van der Waals surface area contributed by atoms with E-state index in [1.54, 1.807) is 0 Å². The van der Waals surface area contributed by atoms with Crippen LogP contribution >= 0.6 is 15.9 Å². The van der Waals surface area contributed by atoms with Crippen molar-refractivity contribution in [2.24, 2.45) is 0 Å². The SMILES string of the molecule is CC1(C)c2cc(Br)ccc2C=c2cc3c(cc21)=c1ccccc1=C3. The summed E-state index contributed by atoms with van der Waals surface area (Å²) >= 11 is 3.63. The summed E-state index contributed by atoms with van der Waals surface area (Å²) in [5, 5.41) is 5.39. The Bertz CT molecular complexity index is 1230. The van der Waals surface area contributed by atoms with E-state index in [1.807, 2.05) is 0 Å². The van der Waals surface area contributed by atoms with Crippen molar-refractivity contribution in [2.75, 3.05) is 0 Å². The monoisotopic (exact) mass is 372 g/mol. The van der Waals surface area contributed by atoms with Crippen molar-refractivity contribution < 1.29 is 0 Å². The molecule has 3 aromatic rings. The highest BCUT2D eigenvalue weighted by Gasteiger charge is 2.30. The lowest BCUT2D eigenvalue weighted by molar-refractivity contribution is 0.629. The fourth-order valence-electron chi connectivity index (χ4n) is 4.19. The van der Waals surface area contributed by atoms with Gasteiger partial charge >= 0.3 is 0 Å². The summed E-state index contributed by atoms with van der Waals surface area (Å²) in [6.07, 6.45) is 4.64. The molecule has 24 heavy (non-hydrogen) atoms. The van der Waals surface area contributed by atoms with Crippen molar-refractivity contribution in [3.63, 3.8) is 0 Å². The number of halogens is 1. The molecule has 0 radical (unpaired) electrons. The summed E-state index contributed by atoms with van der Waals surface area (Å²) < 4.78 is 1.14. The lowest BCUT2D eigenvalue weighted by atomic mass is 9.72. The molecule has 0 saturated carbocycles. The lowest BCUT2D eigenvalue weighted by Crippen LogP contribution is -2.31. The molecule has 0 bridgehead atoms. The summed E-state index contributed by atoms with van der Waals surface area (Å²) in [6, 6.07) is 20.1. The van der Waals surface area contributed by atoms with E-state index in [0.717, 1.165) is 4.47 Å². The molecule has 0 unspecified atom stereocenters. The van der Waals surface area contributed by atoms with Crippen molar-refractivity contribution in [1.29, 1.82) is 0 Å². The second-order valence-corrected chi connectivity index (χ2v) is 8.17. The van der Waals surface area contributed by atoms with Crippen LogP contribution in [0.3, 0.4) is 0 Å². The topological polar surface area (TPSA) is 0 Å². The molecule has 0 fully saturated rings. The van der Waals surface area contributed by atoms with Crippen LogP contribution in [0, 0.1) is 10.4 Å². The zero-order chi connectivity index (χ0) is 16.5. The molecule has 0 aliphatic heterocycles. The number of rotatable bonds is 0. The van der Waals surface area contributed by atoms with Gasteiger partial charge in [0.05, 0.1) is 0 Å². The third-order valence-corrected chi connectivity index (χ3v) is 5.95.